The summed E-state index contributed by atoms with van der Waals surface area (Å²) in [4.78, 5) is 26.8. The van der Waals surface area contributed by atoms with Gasteiger partial charge in [0.15, 0.2) is 0 Å². The highest BCUT2D eigenvalue weighted by molar-refractivity contribution is 6.03. The molecule has 0 spiro atoms. The number of rotatable bonds is 8. The second-order valence-corrected chi connectivity index (χ2v) is 7.12. The van der Waals surface area contributed by atoms with E-state index in [0.717, 1.165) is 30.7 Å². The zero-order valence-electron chi connectivity index (χ0n) is 16.6. The second-order valence-electron chi connectivity index (χ2n) is 7.12. The van der Waals surface area contributed by atoms with Crippen molar-refractivity contribution in [2.24, 2.45) is 5.92 Å². The Balaban J connectivity index is 1.59. The molecule has 28 heavy (non-hydrogen) atoms. The van der Waals surface area contributed by atoms with Gasteiger partial charge in [0.05, 0.1) is 12.5 Å². The van der Waals surface area contributed by atoms with Crippen LogP contribution in [0.3, 0.4) is 0 Å². The Morgan fingerprint density at radius 1 is 1.11 bits per heavy atom. The maximum Gasteiger partial charge on any atom is 0.229 e. The molecule has 5 heteroatoms. The van der Waals surface area contributed by atoms with E-state index >= 15 is 0 Å². The fourth-order valence-corrected chi connectivity index (χ4v) is 3.40. The van der Waals surface area contributed by atoms with Crippen LogP contribution >= 0.6 is 0 Å². The molecule has 3 rings (SSSR count). The third-order valence-electron chi connectivity index (χ3n) is 5.00. The lowest BCUT2D eigenvalue weighted by atomic mass is 10.1. The van der Waals surface area contributed by atoms with Crippen LogP contribution < -0.4 is 15.0 Å². The molecule has 2 aromatic carbocycles. The number of hydrogen-bond acceptors (Lipinski definition) is 3. The fourth-order valence-electron chi connectivity index (χ4n) is 3.40. The molecule has 2 amide bonds. The number of aryl methyl sites for hydroxylation is 1. The summed E-state index contributed by atoms with van der Waals surface area (Å²) >= 11 is 0. The van der Waals surface area contributed by atoms with Crippen LogP contribution in [-0.2, 0) is 16.0 Å². The van der Waals surface area contributed by atoms with Gasteiger partial charge in [0, 0.05) is 24.3 Å². The number of benzene rings is 2. The number of anilines is 2. The lowest BCUT2D eigenvalue weighted by Crippen LogP contribution is -2.28. The van der Waals surface area contributed by atoms with Crippen LogP contribution in [0.15, 0.2) is 48.5 Å². The Bertz CT molecular complexity index is 800. The minimum absolute atomic E-state index is 0.00634. The zero-order valence-corrected chi connectivity index (χ0v) is 16.6. The summed E-state index contributed by atoms with van der Waals surface area (Å²) in [6.07, 6.45) is 3.62. The molecule has 1 aliphatic rings. The molecular formula is C23H28N2O3. The van der Waals surface area contributed by atoms with Crippen LogP contribution in [0.1, 0.15) is 38.7 Å². The summed E-state index contributed by atoms with van der Waals surface area (Å²) in [5.41, 5.74) is 2.85. The van der Waals surface area contributed by atoms with Gasteiger partial charge >= 0.3 is 0 Å². The van der Waals surface area contributed by atoms with Gasteiger partial charge in [-0.15, -0.1) is 0 Å². The average Bonchev–Trinajstić information content (AvgIpc) is 3.10. The first kappa shape index (κ1) is 19.9. The fraction of sp³-hybridized carbons (Fsp3) is 0.391. The van der Waals surface area contributed by atoms with Gasteiger partial charge in [-0.3, -0.25) is 9.59 Å². The number of nitrogens with zero attached hydrogens (tertiary/aromatic N) is 1. The third-order valence-corrected chi connectivity index (χ3v) is 5.00. The SMILES string of the molecule is CCCCc1ccc(N2CC(C(=O)Nc3ccc(OCC)cc3)CC2=O)cc1. The topological polar surface area (TPSA) is 58.6 Å². The van der Waals surface area contributed by atoms with Crippen molar-refractivity contribution in [1.82, 2.24) is 0 Å². The van der Waals surface area contributed by atoms with Crippen LogP contribution in [0.2, 0.25) is 0 Å². The molecule has 1 fully saturated rings. The zero-order chi connectivity index (χ0) is 19.9. The van der Waals surface area contributed by atoms with Crippen molar-refractivity contribution >= 4 is 23.2 Å². The first-order valence-corrected chi connectivity index (χ1v) is 10.0. The summed E-state index contributed by atoms with van der Waals surface area (Å²) in [6.45, 7) is 5.12. The number of ether oxygens (including phenoxy) is 1. The third kappa shape index (κ3) is 4.91. The molecule has 1 saturated heterocycles. The number of unbranched alkanes of at least 4 members (excludes halogenated alkanes) is 1. The molecule has 5 nitrogen and oxygen atoms in total. The van der Waals surface area contributed by atoms with Gasteiger partial charge < -0.3 is 15.0 Å². The number of amides is 2. The van der Waals surface area contributed by atoms with Crippen LogP contribution in [-0.4, -0.2) is 25.0 Å². The van der Waals surface area contributed by atoms with Crippen LogP contribution in [0.5, 0.6) is 5.75 Å². The smallest absolute Gasteiger partial charge is 0.229 e. The Hall–Kier alpha value is -2.82. The molecule has 0 aliphatic carbocycles. The number of carbonyl (C=O) groups is 2. The second kappa shape index (κ2) is 9.40. The van der Waals surface area contributed by atoms with Gasteiger partial charge in [-0.1, -0.05) is 25.5 Å². The molecule has 1 N–H and O–H groups in total. The molecule has 1 aliphatic heterocycles. The van der Waals surface area contributed by atoms with Gasteiger partial charge in [-0.05, 0) is 61.7 Å². The van der Waals surface area contributed by atoms with Crippen molar-refractivity contribution in [3.05, 3.63) is 54.1 Å². The number of carbonyl (C=O) groups excluding carboxylic acids is 2. The maximum atomic E-state index is 12.6. The summed E-state index contributed by atoms with van der Waals surface area (Å²) in [5, 5.41) is 2.90. The number of nitrogens with one attached hydrogen (secondary N) is 1. The van der Waals surface area contributed by atoms with E-state index in [4.69, 9.17) is 4.74 Å². The first-order valence-electron chi connectivity index (χ1n) is 10.0. The first-order chi connectivity index (χ1) is 13.6. The molecule has 0 saturated carbocycles. The molecule has 1 unspecified atom stereocenters. The monoisotopic (exact) mass is 380 g/mol. The van der Waals surface area contributed by atoms with E-state index < -0.39 is 0 Å². The maximum absolute atomic E-state index is 12.6. The minimum atomic E-state index is -0.348. The summed E-state index contributed by atoms with van der Waals surface area (Å²) in [7, 11) is 0. The minimum Gasteiger partial charge on any atom is -0.494 e. The van der Waals surface area contributed by atoms with Crippen molar-refractivity contribution < 1.29 is 14.3 Å². The van der Waals surface area contributed by atoms with E-state index in [1.165, 1.54) is 5.56 Å². The van der Waals surface area contributed by atoms with Gasteiger partial charge in [-0.25, -0.2) is 0 Å². The summed E-state index contributed by atoms with van der Waals surface area (Å²) in [5.74, 6) is 0.289. The van der Waals surface area contributed by atoms with Crippen molar-refractivity contribution in [3.63, 3.8) is 0 Å². The summed E-state index contributed by atoms with van der Waals surface area (Å²) in [6, 6.07) is 15.4. The molecular weight excluding hydrogens is 352 g/mol. The standard InChI is InChI=1S/C23H28N2O3/c1-3-5-6-17-7-11-20(12-8-17)25-16-18(15-22(25)26)23(27)24-19-9-13-21(14-10-19)28-4-2/h7-14,18H,3-6,15-16H2,1-2H3,(H,24,27). The molecule has 148 valence electrons. The average molecular weight is 380 g/mol. The predicted molar refractivity (Wildman–Crippen MR) is 112 cm³/mol. The van der Waals surface area contributed by atoms with Gasteiger partial charge in [0.25, 0.3) is 0 Å². The molecule has 0 bridgehead atoms. The summed E-state index contributed by atoms with van der Waals surface area (Å²) < 4.78 is 5.41. The van der Waals surface area contributed by atoms with E-state index in [1.807, 2.05) is 43.3 Å². The van der Waals surface area contributed by atoms with E-state index in [-0.39, 0.29) is 24.2 Å². The van der Waals surface area contributed by atoms with Gasteiger partial charge in [0.1, 0.15) is 5.75 Å². The molecule has 0 aromatic heterocycles. The van der Waals surface area contributed by atoms with Crippen molar-refractivity contribution in [2.45, 2.75) is 39.5 Å². The Labute approximate surface area is 166 Å². The van der Waals surface area contributed by atoms with E-state index in [9.17, 15) is 9.59 Å². The highest BCUT2D eigenvalue weighted by Gasteiger charge is 2.35. The van der Waals surface area contributed by atoms with Gasteiger partial charge in [0.2, 0.25) is 11.8 Å². The Morgan fingerprint density at radius 2 is 1.82 bits per heavy atom. The molecule has 1 atom stereocenters. The van der Waals surface area contributed by atoms with Crippen molar-refractivity contribution in [3.8, 4) is 5.75 Å². The normalized spacial score (nSPS) is 16.3. The number of hydrogen-bond donors (Lipinski definition) is 1. The van der Waals surface area contributed by atoms with Crippen molar-refractivity contribution in [1.29, 1.82) is 0 Å². The molecule has 2 aromatic rings. The highest BCUT2D eigenvalue weighted by Crippen LogP contribution is 2.27. The van der Waals surface area contributed by atoms with E-state index in [2.05, 4.69) is 24.4 Å². The lowest BCUT2D eigenvalue weighted by Gasteiger charge is -2.17. The Morgan fingerprint density at radius 3 is 2.46 bits per heavy atom. The quantitative estimate of drug-likeness (QED) is 0.737. The molecule has 1 heterocycles. The Kier molecular flexibility index (Phi) is 6.69. The highest BCUT2D eigenvalue weighted by atomic mass is 16.5. The van der Waals surface area contributed by atoms with Crippen LogP contribution in [0, 0.1) is 5.92 Å². The van der Waals surface area contributed by atoms with Crippen LogP contribution in [0.25, 0.3) is 0 Å². The largest absolute Gasteiger partial charge is 0.494 e. The predicted octanol–water partition coefficient (Wildman–Crippen LogP) is 4.42. The molecule has 0 radical (unpaired) electrons. The lowest BCUT2D eigenvalue weighted by molar-refractivity contribution is -0.122. The van der Waals surface area contributed by atoms with Crippen molar-refractivity contribution in [2.75, 3.05) is 23.4 Å². The van der Waals surface area contributed by atoms with Crippen LogP contribution in [0.4, 0.5) is 11.4 Å². The van der Waals surface area contributed by atoms with E-state index in [1.54, 1.807) is 4.90 Å². The van der Waals surface area contributed by atoms with Gasteiger partial charge in [-0.2, -0.15) is 0 Å². The van der Waals surface area contributed by atoms with E-state index in [0.29, 0.717) is 18.8 Å².